The molecule has 1 N–H and O–H groups in total. The van der Waals surface area contributed by atoms with Gasteiger partial charge in [0.2, 0.25) is 0 Å². The summed E-state index contributed by atoms with van der Waals surface area (Å²) in [7, 11) is -0.907. The van der Waals surface area contributed by atoms with Crippen molar-refractivity contribution in [3.63, 3.8) is 0 Å². The van der Waals surface area contributed by atoms with Crippen LogP contribution in [0.1, 0.15) is 42.6 Å². The molecule has 5 nitrogen and oxygen atoms in total. The number of Topliss-reactive ketones (excluding diaryl/α,β-unsaturated/α-hetero) is 1. The van der Waals surface area contributed by atoms with Gasteiger partial charge in [0, 0.05) is 47.3 Å². The van der Waals surface area contributed by atoms with Crippen molar-refractivity contribution in [2.75, 3.05) is 24.2 Å². The Bertz CT molecular complexity index is 684. The fraction of sp³-hybridized carbons (Fsp3) is 0.529. The quantitative estimate of drug-likeness (QED) is 0.858. The molecular weight excluding hydrogens is 312 g/mol. The molecule has 0 saturated carbocycles. The van der Waals surface area contributed by atoms with Crippen LogP contribution in [0.2, 0.25) is 0 Å². The van der Waals surface area contributed by atoms with Gasteiger partial charge in [-0.3, -0.25) is 9.00 Å². The molecule has 23 heavy (non-hydrogen) atoms. The van der Waals surface area contributed by atoms with Gasteiger partial charge in [-0.1, -0.05) is 6.07 Å². The van der Waals surface area contributed by atoms with E-state index in [1.165, 1.54) is 0 Å². The second-order valence-corrected chi connectivity index (χ2v) is 9.01. The molecule has 1 aliphatic carbocycles. The number of benzene rings is 1. The first-order chi connectivity index (χ1) is 10.9. The average molecular weight is 334 g/mol. The van der Waals surface area contributed by atoms with Gasteiger partial charge in [0.15, 0.2) is 5.78 Å². The third kappa shape index (κ3) is 3.32. The number of fused-ring (bicyclic) bond motifs is 1. The molecule has 1 saturated heterocycles. The van der Waals surface area contributed by atoms with Crippen LogP contribution in [0.15, 0.2) is 18.2 Å². The summed E-state index contributed by atoms with van der Waals surface area (Å²) in [6.07, 6.45) is 2.40. The highest BCUT2D eigenvalue weighted by Gasteiger charge is 2.35. The first-order valence-corrected chi connectivity index (χ1v) is 9.29. The van der Waals surface area contributed by atoms with Gasteiger partial charge in [-0.15, -0.1) is 0 Å². The van der Waals surface area contributed by atoms with Crippen LogP contribution in [0, 0.1) is 0 Å². The number of aryl methyl sites for hydroxylation is 1. The van der Waals surface area contributed by atoms with E-state index < -0.39 is 10.8 Å². The smallest absolute Gasteiger partial charge is 0.321 e. The summed E-state index contributed by atoms with van der Waals surface area (Å²) in [6, 6.07) is 5.36. The Balaban J connectivity index is 1.72. The Morgan fingerprint density at radius 1 is 1.30 bits per heavy atom. The lowest BCUT2D eigenvalue weighted by atomic mass is 9.90. The first kappa shape index (κ1) is 16.2. The van der Waals surface area contributed by atoms with E-state index in [2.05, 4.69) is 5.32 Å². The Kier molecular flexibility index (Phi) is 4.27. The third-order valence-electron chi connectivity index (χ3n) is 4.53. The fourth-order valence-corrected chi connectivity index (χ4v) is 4.40. The van der Waals surface area contributed by atoms with Crippen molar-refractivity contribution >= 4 is 28.3 Å². The number of anilines is 1. The van der Waals surface area contributed by atoms with Crippen LogP contribution in [0.3, 0.4) is 0 Å². The zero-order chi connectivity index (χ0) is 16.6. The normalized spacial score (nSPS) is 23.3. The molecule has 1 aromatic carbocycles. The maximum absolute atomic E-state index is 12.4. The summed E-state index contributed by atoms with van der Waals surface area (Å²) in [4.78, 5) is 26.1. The van der Waals surface area contributed by atoms with Crippen LogP contribution < -0.4 is 5.32 Å². The van der Waals surface area contributed by atoms with E-state index in [-0.39, 0.29) is 16.6 Å². The van der Waals surface area contributed by atoms with Crippen LogP contribution in [0.4, 0.5) is 10.5 Å². The van der Waals surface area contributed by atoms with Crippen LogP contribution in [0.5, 0.6) is 0 Å². The van der Waals surface area contributed by atoms with Crippen LogP contribution >= 0.6 is 0 Å². The lowest BCUT2D eigenvalue weighted by Crippen LogP contribution is -2.53. The molecule has 0 aromatic heterocycles. The summed E-state index contributed by atoms with van der Waals surface area (Å²) in [5.74, 6) is 0.653. The third-order valence-corrected chi connectivity index (χ3v) is 6.45. The minimum absolute atomic E-state index is 0.150. The van der Waals surface area contributed by atoms with E-state index in [0.29, 0.717) is 31.0 Å². The number of carbonyl (C=O) groups is 2. The number of nitrogens with one attached hydrogen (secondary N) is 1. The molecule has 0 radical (unpaired) electrons. The van der Waals surface area contributed by atoms with Crippen LogP contribution in [0.25, 0.3) is 0 Å². The van der Waals surface area contributed by atoms with E-state index in [4.69, 9.17) is 0 Å². The molecule has 0 spiro atoms. The molecule has 124 valence electrons. The Morgan fingerprint density at radius 2 is 2.09 bits per heavy atom. The predicted octanol–water partition coefficient (Wildman–Crippen LogP) is 2.58. The molecule has 6 heteroatoms. The lowest BCUT2D eigenvalue weighted by molar-refractivity contribution is 0.0972. The van der Waals surface area contributed by atoms with Crippen molar-refractivity contribution in [3.8, 4) is 0 Å². The van der Waals surface area contributed by atoms with Crippen molar-refractivity contribution in [3.05, 3.63) is 29.3 Å². The number of hydrogen-bond acceptors (Lipinski definition) is 3. The Morgan fingerprint density at radius 3 is 2.83 bits per heavy atom. The van der Waals surface area contributed by atoms with Gasteiger partial charge in [-0.2, -0.15) is 0 Å². The second-order valence-electron chi connectivity index (χ2n) is 6.81. The molecule has 1 aromatic rings. The van der Waals surface area contributed by atoms with Gasteiger partial charge in [0.05, 0.1) is 4.75 Å². The minimum atomic E-state index is -0.907. The van der Waals surface area contributed by atoms with E-state index >= 15 is 0 Å². The number of nitrogens with zero attached hydrogens (tertiary/aromatic N) is 1. The maximum atomic E-state index is 12.4. The highest BCUT2D eigenvalue weighted by molar-refractivity contribution is 7.86. The minimum Gasteiger partial charge on any atom is -0.322 e. The van der Waals surface area contributed by atoms with Crippen LogP contribution in [-0.2, 0) is 17.2 Å². The summed E-state index contributed by atoms with van der Waals surface area (Å²) in [5.41, 5.74) is 2.44. The van der Waals surface area contributed by atoms with Gasteiger partial charge in [0.25, 0.3) is 0 Å². The topological polar surface area (TPSA) is 66.5 Å². The monoisotopic (exact) mass is 334 g/mol. The molecule has 2 amide bonds. The highest BCUT2D eigenvalue weighted by Crippen LogP contribution is 2.25. The molecule has 0 bridgehead atoms. The zero-order valence-corrected chi connectivity index (χ0v) is 14.4. The number of carbonyl (C=O) groups excluding carboxylic acids is 2. The van der Waals surface area contributed by atoms with E-state index in [1.54, 1.807) is 11.0 Å². The van der Waals surface area contributed by atoms with Gasteiger partial charge >= 0.3 is 6.03 Å². The Labute approximate surface area is 138 Å². The predicted molar refractivity (Wildman–Crippen MR) is 91.4 cm³/mol. The molecule has 3 rings (SSSR count). The summed E-state index contributed by atoms with van der Waals surface area (Å²) in [5, 5.41) is 2.87. The standard InChI is InChI=1S/C17H22N2O3S/c1-17(2)11-19(8-9-23(17)22)16(21)18-13-7-6-12-4-3-5-15(20)14(12)10-13/h6-7,10H,3-5,8-9,11H2,1-2H3,(H,18,21)/t23-/m0/s1. The van der Waals surface area contributed by atoms with Crippen LogP contribution in [-0.4, -0.2) is 44.5 Å². The van der Waals surface area contributed by atoms with E-state index in [0.717, 1.165) is 24.0 Å². The van der Waals surface area contributed by atoms with Crippen molar-refractivity contribution in [2.24, 2.45) is 0 Å². The SMILES string of the molecule is CC1(C)CN(C(=O)Nc2ccc3c(c2)C(=O)CCC3)CC[S@@]1=O. The zero-order valence-electron chi connectivity index (χ0n) is 13.6. The van der Waals surface area contributed by atoms with Gasteiger partial charge in [-0.05, 0) is 44.4 Å². The van der Waals surface area contributed by atoms with Gasteiger partial charge < -0.3 is 10.2 Å². The number of ketones is 1. The average Bonchev–Trinajstić information content (AvgIpc) is 2.50. The molecule has 1 aliphatic heterocycles. The van der Waals surface area contributed by atoms with E-state index in [1.807, 2.05) is 26.0 Å². The molecule has 2 aliphatic rings. The lowest BCUT2D eigenvalue weighted by Gasteiger charge is -2.37. The Hall–Kier alpha value is -1.69. The first-order valence-electron chi connectivity index (χ1n) is 7.97. The van der Waals surface area contributed by atoms with Gasteiger partial charge in [0.1, 0.15) is 0 Å². The molecule has 0 unspecified atom stereocenters. The number of urea groups is 1. The van der Waals surface area contributed by atoms with Crippen molar-refractivity contribution in [1.29, 1.82) is 0 Å². The fourth-order valence-electron chi connectivity index (χ4n) is 3.16. The summed E-state index contributed by atoms with van der Waals surface area (Å²) >= 11 is 0. The number of hydrogen-bond donors (Lipinski definition) is 1. The molecule has 1 heterocycles. The molecule has 1 atom stereocenters. The van der Waals surface area contributed by atoms with Crippen molar-refractivity contribution < 1.29 is 13.8 Å². The van der Waals surface area contributed by atoms with Crippen molar-refractivity contribution in [1.82, 2.24) is 4.90 Å². The molecular formula is C17H22N2O3S. The van der Waals surface area contributed by atoms with Crippen molar-refractivity contribution in [2.45, 2.75) is 37.9 Å². The van der Waals surface area contributed by atoms with E-state index in [9.17, 15) is 13.8 Å². The second kappa shape index (κ2) is 6.07. The highest BCUT2D eigenvalue weighted by atomic mass is 32.2. The molecule has 1 fully saturated rings. The number of rotatable bonds is 1. The van der Waals surface area contributed by atoms with Gasteiger partial charge in [-0.25, -0.2) is 4.79 Å². The number of amides is 2. The maximum Gasteiger partial charge on any atom is 0.321 e. The summed E-state index contributed by atoms with van der Waals surface area (Å²) < 4.78 is 11.6. The largest absolute Gasteiger partial charge is 0.322 e. The summed E-state index contributed by atoms with van der Waals surface area (Å²) in [6.45, 7) is 4.79.